The lowest BCUT2D eigenvalue weighted by Crippen LogP contribution is -2.42. The third kappa shape index (κ3) is 6.35. The van der Waals surface area contributed by atoms with Gasteiger partial charge in [-0.05, 0) is 18.8 Å². The van der Waals surface area contributed by atoms with Crippen LogP contribution in [0.15, 0.2) is 0 Å². The van der Waals surface area contributed by atoms with Gasteiger partial charge in [0.1, 0.15) is 0 Å². The minimum Gasteiger partial charge on any atom is -0.396 e. The third-order valence-corrected chi connectivity index (χ3v) is 2.30. The van der Waals surface area contributed by atoms with Crippen molar-refractivity contribution in [1.82, 2.24) is 5.32 Å². The summed E-state index contributed by atoms with van der Waals surface area (Å²) >= 11 is 0. The van der Waals surface area contributed by atoms with E-state index in [1.165, 1.54) is 0 Å². The van der Waals surface area contributed by atoms with E-state index in [4.69, 9.17) is 9.84 Å². The average molecular weight is 203 g/mol. The minimum absolute atomic E-state index is 0.189. The van der Waals surface area contributed by atoms with Crippen molar-refractivity contribution in [3.63, 3.8) is 0 Å². The number of aliphatic hydroxyl groups is 1. The van der Waals surface area contributed by atoms with Gasteiger partial charge in [-0.15, -0.1) is 0 Å². The molecule has 0 aliphatic heterocycles. The maximum Gasteiger partial charge on any atom is 0.0590 e. The van der Waals surface area contributed by atoms with E-state index >= 15 is 0 Å². The topological polar surface area (TPSA) is 41.5 Å². The van der Waals surface area contributed by atoms with Gasteiger partial charge in [0.05, 0.1) is 6.61 Å². The van der Waals surface area contributed by atoms with E-state index in [0.29, 0.717) is 6.04 Å². The monoisotopic (exact) mass is 203 g/mol. The van der Waals surface area contributed by atoms with Crippen LogP contribution < -0.4 is 5.32 Å². The Morgan fingerprint density at radius 3 is 2.43 bits per heavy atom. The molecule has 86 valence electrons. The lowest BCUT2D eigenvalue weighted by molar-refractivity contribution is 0.133. The number of rotatable bonds is 7. The molecule has 0 aromatic heterocycles. The zero-order valence-electron chi connectivity index (χ0n) is 9.97. The Hall–Kier alpha value is -0.120. The van der Waals surface area contributed by atoms with Crippen LogP contribution in [0.2, 0.25) is 0 Å². The van der Waals surface area contributed by atoms with Gasteiger partial charge in [-0.3, -0.25) is 0 Å². The molecule has 0 radical (unpaired) electrons. The molecule has 1 unspecified atom stereocenters. The van der Waals surface area contributed by atoms with Crippen molar-refractivity contribution in [2.75, 3.05) is 26.4 Å². The quantitative estimate of drug-likeness (QED) is 0.615. The smallest absolute Gasteiger partial charge is 0.0590 e. The summed E-state index contributed by atoms with van der Waals surface area (Å²) in [6, 6.07) is 0.355. The van der Waals surface area contributed by atoms with Crippen LogP contribution in [-0.2, 0) is 4.74 Å². The van der Waals surface area contributed by atoms with Crippen molar-refractivity contribution in [3.8, 4) is 0 Å². The standard InChI is InChI=1S/C11H25NO2/c1-5-14-9-7-12-10(6-8-13)11(2,3)4/h10,12-13H,5-9H2,1-4H3. The lowest BCUT2D eigenvalue weighted by atomic mass is 9.85. The summed E-state index contributed by atoms with van der Waals surface area (Å²) in [5.74, 6) is 0. The molecule has 0 aromatic rings. The van der Waals surface area contributed by atoms with Crippen molar-refractivity contribution < 1.29 is 9.84 Å². The second-order valence-corrected chi connectivity index (χ2v) is 4.58. The average Bonchev–Trinajstić information content (AvgIpc) is 2.08. The SMILES string of the molecule is CCOCCNC(CCO)C(C)(C)C. The first-order valence-electron chi connectivity index (χ1n) is 5.44. The molecule has 2 N–H and O–H groups in total. The second-order valence-electron chi connectivity index (χ2n) is 4.58. The molecule has 1 atom stereocenters. The first-order valence-corrected chi connectivity index (χ1v) is 5.44. The van der Waals surface area contributed by atoms with E-state index < -0.39 is 0 Å². The molecule has 0 heterocycles. The largest absolute Gasteiger partial charge is 0.396 e. The van der Waals surface area contributed by atoms with Crippen molar-refractivity contribution in [2.45, 2.75) is 40.2 Å². The van der Waals surface area contributed by atoms with Crippen LogP contribution >= 0.6 is 0 Å². The van der Waals surface area contributed by atoms with Crippen LogP contribution in [0.4, 0.5) is 0 Å². The summed E-state index contributed by atoms with van der Waals surface area (Å²) in [4.78, 5) is 0. The van der Waals surface area contributed by atoms with Crippen LogP contribution in [0.1, 0.15) is 34.1 Å². The molecule has 0 bridgehead atoms. The Labute approximate surface area is 87.8 Å². The van der Waals surface area contributed by atoms with Gasteiger partial charge in [0.15, 0.2) is 0 Å². The summed E-state index contributed by atoms with van der Waals surface area (Å²) in [5.41, 5.74) is 0.189. The molecule has 3 heteroatoms. The molecule has 3 nitrogen and oxygen atoms in total. The van der Waals surface area contributed by atoms with Gasteiger partial charge in [0.2, 0.25) is 0 Å². The van der Waals surface area contributed by atoms with E-state index in [9.17, 15) is 0 Å². The first kappa shape index (κ1) is 13.9. The first-order chi connectivity index (χ1) is 6.52. The molecule has 0 rings (SSSR count). The van der Waals surface area contributed by atoms with Crippen LogP contribution in [0.25, 0.3) is 0 Å². The molecular weight excluding hydrogens is 178 g/mol. The molecular formula is C11H25NO2. The summed E-state index contributed by atoms with van der Waals surface area (Å²) in [6.07, 6.45) is 0.801. The highest BCUT2D eigenvalue weighted by Crippen LogP contribution is 2.21. The summed E-state index contributed by atoms with van der Waals surface area (Å²) in [6.45, 7) is 11.1. The Morgan fingerprint density at radius 2 is 2.00 bits per heavy atom. The normalized spacial score (nSPS) is 14.4. The van der Waals surface area contributed by atoms with Gasteiger partial charge in [0, 0.05) is 25.8 Å². The van der Waals surface area contributed by atoms with E-state index in [0.717, 1.165) is 26.2 Å². The maximum absolute atomic E-state index is 8.93. The van der Waals surface area contributed by atoms with Crippen LogP contribution in [0.5, 0.6) is 0 Å². The van der Waals surface area contributed by atoms with Gasteiger partial charge < -0.3 is 15.2 Å². The highest BCUT2D eigenvalue weighted by molar-refractivity contribution is 4.79. The number of ether oxygens (including phenoxy) is 1. The number of aliphatic hydroxyl groups excluding tert-OH is 1. The fourth-order valence-corrected chi connectivity index (χ4v) is 1.42. The fourth-order valence-electron chi connectivity index (χ4n) is 1.42. The van der Waals surface area contributed by atoms with E-state index in [2.05, 4.69) is 26.1 Å². The van der Waals surface area contributed by atoms with E-state index in [1.54, 1.807) is 0 Å². The molecule has 0 spiro atoms. The Balaban J connectivity index is 3.74. The van der Waals surface area contributed by atoms with Gasteiger partial charge in [-0.2, -0.15) is 0 Å². The predicted octanol–water partition coefficient (Wildman–Crippen LogP) is 1.41. The molecule has 0 aliphatic rings. The van der Waals surface area contributed by atoms with Crippen LogP contribution in [0, 0.1) is 5.41 Å². The van der Waals surface area contributed by atoms with E-state index in [1.807, 2.05) is 6.92 Å². The van der Waals surface area contributed by atoms with Crippen molar-refractivity contribution in [3.05, 3.63) is 0 Å². The molecule has 0 aliphatic carbocycles. The Kier molecular flexibility index (Phi) is 7.15. The van der Waals surface area contributed by atoms with Crippen LogP contribution in [0.3, 0.4) is 0 Å². The van der Waals surface area contributed by atoms with Crippen molar-refractivity contribution >= 4 is 0 Å². The molecule has 0 saturated heterocycles. The number of nitrogens with one attached hydrogen (secondary N) is 1. The molecule has 0 saturated carbocycles. The minimum atomic E-state index is 0.189. The number of hydrogen-bond donors (Lipinski definition) is 2. The molecule has 0 aromatic carbocycles. The zero-order valence-corrected chi connectivity index (χ0v) is 9.97. The fraction of sp³-hybridized carbons (Fsp3) is 1.00. The number of hydrogen-bond acceptors (Lipinski definition) is 3. The van der Waals surface area contributed by atoms with Crippen LogP contribution in [-0.4, -0.2) is 37.5 Å². The third-order valence-electron chi connectivity index (χ3n) is 2.30. The predicted molar refractivity (Wildman–Crippen MR) is 59.4 cm³/mol. The molecule has 14 heavy (non-hydrogen) atoms. The summed E-state index contributed by atoms with van der Waals surface area (Å²) in [5, 5.41) is 12.3. The Morgan fingerprint density at radius 1 is 1.36 bits per heavy atom. The maximum atomic E-state index is 8.93. The lowest BCUT2D eigenvalue weighted by Gasteiger charge is -2.31. The highest BCUT2D eigenvalue weighted by Gasteiger charge is 2.22. The van der Waals surface area contributed by atoms with Gasteiger partial charge >= 0.3 is 0 Å². The van der Waals surface area contributed by atoms with Gasteiger partial charge in [0.25, 0.3) is 0 Å². The molecule has 0 fully saturated rings. The summed E-state index contributed by atoms with van der Waals surface area (Å²) < 4.78 is 5.25. The van der Waals surface area contributed by atoms with E-state index in [-0.39, 0.29) is 12.0 Å². The zero-order chi connectivity index (χ0) is 11.0. The van der Waals surface area contributed by atoms with Gasteiger partial charge in [-0.25, -0.2) is 0 Å². The molecule has 0 amide bonds. The summed E-state index contributed by atoms with van der Waals surface area (Å²) in [7, 11) is 0. The second kappa shape index (κ2) is 7.21. The Bertz CT molecular complexity index is 132. The van der Waals surface area contributed by atoms with Crippen molar-refractivity contribution in [2.24, 2.45) is 5.41 Å². The van der Waals surface area contributed by atoms with Gasteiger partial charge in [-0.1, -0.05) is 20.8 Å². The highest BCUT2D eigenvalue weighted by atomic mass is 16.5. The van der Waals surface area contributed by atoms with Crippen molar-refractivity contribution in [1.29, 1.82) is 0 Å².